The molecule has 0 saturated carbocycles. The van der Waals surface area contributed by atoms with E-state index in [0.29, 0.717) is 0 Å². The summed E-state index contributed by atoms with van der Waals surface area (Å²) in [5.74, 6) is 0.622. The van der Waals surface area contributed by atoms with Crippen molar-refractivity contribution in [2.45, 2.75) is 13.0 Å². The molecular formula is C11H17N5O. The van der Waals surface area contributed by atoms with Crippen LogP contribution in [0.1, 0.15) is 6.92 Å². The Bertz CT molecular complexity index is 375. The summed E-state index contributed by atoms with van der Waals surface area (Å²) in [4.78, 5) is 23.7. The largest absolute Gasteiger partial charge is 0.368 e. The number of rotatable bonds is 3. The van der Waals surface area contributed by atoms with Gasteiger partial charge in [0.1, 0.15) is 5.82 Å². The summed E-state index contributed by atoms with van der Waals surface area (Å²) in [5.41, 5.74) is 5.30. The van der Waals surface area contributed by atoms with E-state index in [-0.39, 0.29) is 11.9 Å². The fourth-order valence-corrected chi connectivity index (χ4v) is 1.97. The molecule has 1 unspecified atom stereocenters. The van der Waals surface area contributed by atoms with E-state index < -0.39 is 0 Å². The van der Waals surface area contributed by atoms with E-state index in [0.717, 1.165) is 32.0 Å². The van der Waals surface area contributed by atoms with Gasteiger partial charge in [0, 0.05) is 38.6 Å². The first kappa shape index (κ1) is 11.8. The first-order valence-corrected chi connectivity index (χ1v) is 5.73. The highest BCUT2D eigenvalue weighted by Gasteiger charge is 2.24. The second-order valence-corrected chi connectivity index (χ2v) is 4.16. The summed E-state index contributed by atoms with van der Waals surface area (Å²) in [6, 6.07) is -0.195. The highest BCUT2D eigenvalue weighted by molar-refractivity contribution is 5.79. The summed E-state index contributed by atoms with van der Waals surface area (Å²) in [7, 11) is 0. The van der Waals surface area contributed by atoms with Gasteiger partial charge in [0.25, 0.3) is 0 Å². The van der Waals surface area contributed by atoms with Gasteiger partial charge in [-0.25, -0.2) is 4.98 Å². The molecule has 1 aliphatic heterocycles. The lowest BCUT2D eigenvalue weighted by Gasteiger charge is -2.37. The fraction of sp³-hybridized carbons (Fsp3) is 0.545. The van der Waals surface area contributed by atoms with Crippen LogP contribution < -0.4 is 10.6 Å². The molecule has 2 rings (SSSR count). The third-order valence-corrected chi connectivity index (χ3v) is 3.15. The second kappa shape index (κ2) is 5.09. The van der Waals surface area contributed by atoms with Crippen molar-refractivity contribution < 1.29 is 4.79 Å². The normalized spacial score (nSPS) is 19.0. The van der Waals surface area contributed by atoms with Gasteiger partial charge < -0.3 is 10.6 Å². The molecule has 6 nitrogen and oxygen atoms in total. The van der Waals surface area contributed by atoms with Crippen molar-refractivity contribution in [3.8, 4) is 0 Å². The Kier molecular flexibility index (Phi) is 3.53. The number of anilines is 1. The van der Waals surface area contributed by atoms with Crippen LogP contribution in [-0.2, 0) is 4.79 Å². The van der Waals surface area contributed by atoms with Crippen molar-refractivity contribution in [1.29, 1.82) is 0 Å². The Morgan fingerprint density at radius 2 is 2.06 bits per heavy atom. The van der Waals surface area contributed by atoms with Crippen LogP contribution in [-0.4, -0.2) is 53.0 Å². The summed E-state index contributed by atoms with van der Waals surface area (Å²) in [6.07, 6.45) is 5.11. The molecule has 1 fully saturated rings. The molecule has 1 aliphatic rings. The van der Waals surface area contributed by atoms with Gasteiger partial charge in [0.15, 0.2) is 0 Å². The van der Waals surface area contributed by atoms with Crippen molar-refractivity contribution >= 4 is 11.7 Å². The van der Waals surface area contributed by atoms with Gasteiger partial charge in [-0.2, -0.15) is 0 Å². The van der Waals surface area contributed by atoms with Crippen molar-refractivity contribution in [3.05, 3.63) is 18.6 Å². The smallest absolute Gasteiger partial charge is 0.234 e. The average molecular weight is 235 g/mol. The maximum atomic E-state index is 11.1. The highest BCUT2D eigenvalue weighted by atomic mass is 16.1. The zero-order valence-electron chi connectivity index (χ0n) is 9.91. The molecule has 1 aromatic heterocycles. The molecule has 6 heteroatoms. The van der Waals surface area contributed by atoms with Crippen LogP contribution in [0.3, 0.4) is 0 Å². The molecule has 2 N–H and O–H groups in total. The molecule has 0 spiro atoms. The molecule has 1 amide bonds. The molecule has 0 aromatic carbocycles. The van der Waals surface area contributed by atoms with Gasteiger partial charge in [0.05, 0.1) is 12.2 Å². The van der Waals surface area contributed by atoms with E-state index in [4.69, 9.17) is 5.73 Å². The number of hydrogen-bond acceptors (Lipinski definition) is 5. The Balaban J connectivity index is 1.93. The second-order valence-electron chi connectivity index (χ2n) is 4.16. The Hall–Kier alpha value is -1.69. The molecule has 2 heterocycles. The maximum absolute atomic E-state index is 11.1. The van der Waals surface area contributed by atoms with Crippen LogP contribution >= 0.6 is 0 Å². The third-order valence-electron chi connectivity index (χ3n) is 3.15. The molecule has 1 saturated heterocycles. The zero-order chi connectivity index (χ0) is 12.3. The highest BCUT2D eigenvalue weighted by Crippen LogP contribution is 2.12. The fourth-order valence-electron chi connectivity index (χ4n) is 1.97. The first-order chi connectivity index (χ1) is 8.18. The average Bonchev–Trinajstić information content (AvgIpc) is 2.39. The molecule has 1 aromatic rings. The molecule has 92 valence electrons. The van der Waals surface area contributed by atoms with Crippen LogP contribution in [0, 0.1) is 0 Å². The van der Waals surface area contributed by atoms with Crippen LogP contribution in [0.2, 0.25) is 0 Å². The van der Waals surface area contributed by atoms with Crippen molar-refractivity contribution in [2.24, 2.45) is 5.73 Å². The number of nitrogens with two attached hydrogens (primary N) is 1. The molecule has 1 atom stereocenters. The zero-order valence-corrected chi connectivity index (χ0v) is 9.91. The molecular weight excluding hydrogens is 218 g/mol. The Labute approximate surface area is 100 Å². The van der Waals surface area contributed by atoms with Crippen molar-refractivity contribution in [2.75, 3.05) is 31.1 Å². The standard InChI is InChI=1S/C11H17N5O/c1-9(11(12)17)15-4-6-16(7-5-15)10-8-13-2-3-14-10/h2-3,8-9H,4-7H2,1H3,(H2,12,17). The molecule has 0 aliphatic carbocycles. The lowest BCUT2D eigenvalue weighted by molar-refractivity contribution is -0.122. The SMILES string of the molecule is CC(C(N)=O)N1CCN(c2cnccn2)CC1. The molecule has 17 heavy (non-hydrogen) atoms. The minimum Gasteiger partial charge on any atom is -0.368 e. The Morgan fingerprint density at radius 3 is 2.59 bits per heavy atom. The van der Waals surface area contributed by atoms with Crippen molar-refractivity contribution in [1.82, 2.24) is 14.9 Å². The molecule has 0 bridgehead atoms. The number of carbonyl (C=O) groups is 1. The summed E-state index contributed by atoms with van der Waals surface area (Å²) in [5, 5.41) is 0. The van der Waals surface area contributed by atoms with E-state index in [1.165, 1.54) is 0 Å². The predicted molar refractivity (Wildman–Crippen MR) is 64.5 cm³/mol. The van der Waals surface area contributed by atoms with E-state index >= 15 is 0 Å². The minimum absolute atomic E-state index is 0.195. The van der Waals surface area contributed by atoms with E-state index in [1.807, 2.05) is 6.92 Å². The Morgan fingerprint density at radius 1 is 1.35 bits per heavy atom. The summed E-state index contributed by atoms with van der Waals surface area (Å²) < 4.78 is 0. The van der Waals surface area contributed by atoms with Gasteiger partial charge in [-0.3, -0.25) is 14.7 Å². The number of primary amides is 1. The van der Waals surface area contributed by atoms with Crippen LogP contribution in [0.4, 0.5) is 5.82 Å². The van der Waals surface area contributed by atoms with Crippen LogP contribution in [0.25, 0.3) is 0 Å². The quantitative estimate of drug-likeness (QED) is 0.762. The van der Waals surface area contributed by atoms with Gasteiger partial charge in [0.2, 0.25) is 5.91 Å². The van der Waals surface area contributed by atoms with Crippen LogP contribution in [0.5, 0.6) is 0 Å². The van der Waals surface area contributed by atoms with E-state index in [2.05, 4.69) is 19.8 Å². The van der Waals surface area contributed by atoms with Gasteiger partial charge >= 0.3 is 0 Å². The number of carbonyl (C=O) groups excluding carboxylic acids is 1. The summed E-state index contributed by atoms with van der Waals surface area (Å²) in [6.45, 7) is 5.17. The molecule has 0 radical (unpaired) electrons. The van der Waals surface area contributed by atoms with Crippen molar-refractivity contribution in [3.63, 3.8) is 0 Å². The van der Waals surface area contributed by atoms with Gasteiger partial charge in [-0.1, -0.05) is 0 Å². The lowest BCUT2D eigenvalue weighted by Crippen LogP contribution is -2.53. The maximum Gasteiger partial charge on any atom is 0.234 e. The monoisotopic (exact) mass is 235 g/mol. The first-order valence-electron chi connectivity index (χ1n) is 5.73. The number of nitrogens with zero attached hydrogens (tertiary/aromatic N) is 4. The lowest BCUT2D eigenvalue weighted by atomic mass is 10.2. The third kappa shape index (κ3) is 2.71. The van der Waals surface area contributed by atoms with E-state index in [1.54, 1.807) is 18.6 Å². The van der Waals surface area contributed by atoms with Crippen LogP contribution in [0.15, 0.2) is 18.6 Å². The minimum atomic E-state index is -0.266. The van der Waals surface area contributed by atoms with E-state index in [9.17, 15) is 4.79 Å². The topological polar surface area (TPSA) is 75.4 Å². The number of aromatic nitrogens is 2. The number of piperazine rings is 1. The van der Waals surface area contributed by atoms with Gasteiger partial charge in [-0.05, 0) is 6.92 Å². The summed E-state index contributed by atoms with van der Waals surface area (Å²) >= 11 is 0. The number of amides is 1. The number of hydrogen-bond donors (Lipinski definition) is 1. The predicted octanol–water partition coefficient (Wildman–Crippen LogP) is -0.528. The van der Waals surface area contributed by atoms with Gasteiger partial charge in [-0.15, -0.1) is 0 Å².